The summed E-state index contributed by atoms with van der Waals surface area (Å²) in [6, 6.07) is -0.228. The maximum Gasteiger partial charge on any atom is 0.281 e. The smallest absolute Gasteiger partial charge is 0.281 e. The molecule has 1 unspecified atom stereocenters. The Morgan fingerprint density at radius 3 is 1.80 bits per heavy atom. The Hall–Kier alpha value is 0.120. The Morgan fingerprint density at radius 2 is 1.53 bits per heavy atom. The van der Waals surface area contributed by atoms with Crippen molar-refractivity contribution in [3.63, 3.8) is 0 Å². The monoisotopic (exact) mass is 259 g/mol. The molecule has 5 nitrogen and oxygen atoms in total. The number of hydrogen-bond acceptors (Lipinski definition) is 3. The van der Waals surface area contributed by atoms with E-state index in [1.165, 1.54) is 8.61 Å². The third kappa shape index (κ3) is 4.24. The van der Waals surface area contributed by atoms with E-state index in [2.05, 4.69) is 0 Å². The van der Waals surface area contributed by atoms with Crippen LogP contribution in [-0.2, 0) is 10.2 Å². The summed E-state index contributed by atoms with van der Waals surface area (Å²) >= 11 is 0. The average Bonchev–Trinajstić information content (AvgIpc) is 2.13. The molecule has 0 amide bonds. The molecule has 7 heteroatoms. The predicted molar refractivity (Wildman–Crippen MR) is 65.3 cm³/mol. The minimum atomic E-state index is -3.36. The van der Waals surface area contributed by atoms with Crippen LogP contribution in [0.3, 0.4) is 0 Å². The second kappa shape index (κ2) is 6.65. The summed E-state index contributed by atoms with van der Waals surface area (Å²) in [6.07, 6.45) is 0. The number of nitrogens with two attached hydrogens (primary N) is 1. The lowest BCUT2D eigenvalue weighted by Gasteiger charge is -2.30. The van der Waals surface area contributed by atoms with Crippen molar-refractivity contribution in [2.45, 2.75) is 32.9 Å². The fourth-order valence-electron chi connectivity index (χ4n) is 0.845. The van der Waals surface area contributed by atoms with E-state index in [4.69, 9.17) is 5.73 Å². The first-order chi connectivity index (χ1) is 6.25. The molecule has 0 aliphatic carbocycles. The first-order valence-corrected chi connectivity index (χ1v) is 6.05. The maximum absolute atomic E-state index is 11.9. The zero-order valence-corrected chi connectivity index (χ0v) is 11.6. The molecule has 0 saturated heterocycles. The Labute approximate surface area is 99.2 Å². The van der Waals surface area contributed by atoms with Crippen molar-refractivity contribution in [3.05, 3.63) is 0 Å². The van der Waals surface area contributed by atoms with Crippen molar-refractivity contribution < 1.29 is 8.42 Å². The van der Waals surface area contributed by atoms with Gasteiger partial charge in [-0.1, -0.05) is 0 Å². The highest BCUT2D eigenvalue weighted by Crippen LogP contribution is 2.10. The molecule has 0 heterocycles. The minimum Gasteiger partial charge on any atom is -0.329 e. The minimum absolute atomic E-state index is 0. The van der Waals surface area contributed by atoms with Crippen LogP contribution in [0.15, 0.2) is 0 Å². The molecule has 2 N–H and O–H groups in total. The van der Waals surface area contributed by atoms with Crippen molar-refractivity contribution in [2.75, 3.05) is 20.6 Å². The van der Waals surface area contributed by atoms with Gasteiger partial charge in [0.2, 0.25) is 0 Å². The van der Waals surface area contributed by atoms with Crippen LogP contribution in [0.4, 0.5) is 0 Å². The third-order valence-corrected chi connectivity index (χ3v) is 4.65. The lowest BCUT2D eigenvalue weighted by molar-refractivity contribution is 0.327. The van der Waals surface area contributed by atoms with E-state index in [0.717, 1.165) is 0 Å². The fourth-order valence-corrected chi connectivity index (χ4v) is 2.33. The number of hydrogen-bond donors (Lipinski definition) is 1. The largest absolute Gasteiger partial charge is 0.329 e. The van der Waals surface area contributed by atoms with E-state index >= 15 is 0 Å². The number of halogens is 1. The van der Waals surface area contributed by atoms with E-state index in [1.807, 2.05) is 13.8 Å². The molecule has 94 valence electrons. The lowest BCUT2D eigenvalue weighted by Crippen LogP contribution is -2.48. The summed E-state index contributed by atoms with van der Waals surface area (Å²) in [6.45, 7) is 5.77. The van der Waals surface area contributed by atoms with Crippen molar-refractivity contribution in [1.82, 2.24) is 8.61 Å². The van der Waals surface area contributed by atoms with Gasteiger partial charge in [0.15, 0.2) is 0 Å². The van der Waals surface area contributed by atoms with Crippen LogP contribution in [0.25, 0.3) is 0 Å². The zero-order chi connectivity index (χ0) is 11.5. The van der Waals surface area contributed by atoms with Gasteiger partial charge in [-0.25, -0.2) is 0 Å². The molecule has 0 rings (SSSR count). The molecule has 0 fully saturated rings. The molecule has 1 atom stereocenters. The van der Waals surface area contributed by atoms with Crippen molar-refractivity contribution >= 4 is 22.6 Å². The second-order valence-electron chi connectivity index (χ2n) is 3.72. The van der Waals surface area contributed by atoms with E-state index < -0.39 is 10.2 Å². The molecule has 0 radical (unpaired) electrons. The topological polar surface area (TPSA) is 66.6 Å². The van der Waals surface area contributed by atoms with Gasteiger partial charge < -0.3 is 5.73 Å². The van der Waals surface area contributed by atoms with Gasteiger partial charge in [-0.15, -0.1) is 12.4 Å². The van der Waals surface area contributed by atoms with Gasteiger partial charge in [0, 0.05) is 32.7 Å². The average molecular weight is 260 g/mol. The van der Waals surface area contributed by atoms with Gasteiger partial charge >= 0.3 is 0 Å². The van der Waals surface area contributed by atoms with Crippen LogP contribution in [-0.4, -0.2) is 49.8 Å². The summed E-state index contributed by atoms with van der Waals surface area (Å²) in [5.74, 6) is 0. The van der Waals surface area contributed by atoms with Gasteiger partial charge in [0.25, 0.3) is 10.2 Å². The Balaban J connectivity index is 0. The number of nitrogens with zero attached hydrogens (tertiary/aromatic N) is 2. The molecule has 0 aromatic heterocycles. The Bertz CT molecular complexity index is 269. The fraction of sp³-hybridized carbons (Fsp3) is 1.00. The Morgan fingerprint density at radius 1 is 1.13 bits per heavy atom. The molecule has 0 saturated carbocycles. The van der Waals surface area contributed by atoms with Crippen LogP contribution in [0.2, 0.25) is 0 Å². The van der Waals surface area contributed by atoms with Crippen LogP contribution in [0.5, 0.6) is 0 Å². The normalized spacial score (nSPS) is 14.5. The molecular weight excluding hydrogens is 238 g/mol. The molecule has 0 aromatic rings. The maximum atomic E-state index is 11.9. The van der Waals surface area contributed by atoms with Gasteiger partial charge in [-0.05, 0) is 20.8 Å². The van der Waals surface area contributed by atoms with E-state index in [1.54, 1.807) is 21.0 Å². The van der Waals surface area contributed by atoms with Gasteiger partial charge in [-0.3, -0.25) is 0 Å². The summed E-state index contributed by atoms with van der Waals surface area (Å²) in [5.41, 5.74) is 5.42. The van der Waals surface area contributed by atoms with Crippen LogP contribution < -0.4 is 5.73 Å². The quantitative estimate of drug-likeness (QED) is 0.771. The molecule has 0 aromatic carbocycles. The molecule has 15 heavy (non-hydrogen) atoms. The van der Waals surface area contributed by atoms with Crippen molar-refractivity contribution in [2.24, 2.45) is 5.73 Å². The highest BCUT2D eigenvalue weighted by molar-refractivity contribution is 7.86. The molecular formula is C8H22ClN3O2S. The second-order valence-corrected chi connectivity index (χ2v) is 5.77. The van der Waals surface area contributed by atoms with E-state index in [0.29, 0.717) is 6.54 Å². The highest BCUT2D eigenvalue weighted by atomic mass is 35.5. The molecule has 0 bridgehead atoms. The molecule has 0 aliphatic rings. The Kier molecular flexibility index (Phi) is 7.76. The van der Waals surface area contributed by atoms with Crippen molar-refractivity contribution in [1.29, 1.82) is 0 Å². The highest BCUT2D eigenvalue weighted by Gasteiger charge is 2.28. The summed E-state index contributed by atoms with van der Waals surface area (Å²) in [7, 11) is -0.246. The predicted octanol–water partition coefficient (Wildman–Crippen LogP) is 0.272. The van der Waals surface area contributed by atoms with Gasteiger partial charge in [0.1, 0.15) is 0 Å². The summed E-state index contributed by atoms with van der Waals surface area (Å²) in [5, 5.41) is 0. The van der Waals surface area contributed by atoms with Crippen LogP contribution in [0.1, 0.15) is 20.8 Å². The van der Waals surface area contributed by atoms with E-state index in [-0.39, 0.29) is 24.5 Å². The number of rotatable bonds is 5. The molecule has 0 spiro atoms. The summed E-state index contributed by atoms with van der Waals surface area (Å²) < 4.78 is 26.4. The standard InChI is InChI=1S/C8H21N3O2S.ClH/c1-7(2)10(4)14(12,13)11(5)8(3)6-9;/h7-8H,6,9H2,1-5H3;1H. The molecule has 0 aliphatic heterocycles. The van der Waals surface area contributed by atoms with Crippen LogP contribution in [0, 0.1) is 0 Å². The zero-order valence-electron chi connectivity index (χ0n) is 9.97. The first kappa shape index (κ1) is 17.5. The SMILES string of the molecule is CC(C)N(C)S(=O)(=O)N(C)C(C)CN.Cl. The summed E-state index contributed by atoms with van der Waals surface area (Å²) in [4.78, 5) is 0. The third-order valence-electron chi connectivity index (χ3n) is 2.42. The lowest BCUT2D eigenvalue weighted by atomic mass is 10.4. The van der Waals surface area contributed by atoms with Gasteiger partial charge in [0.05, 0.1) is 0 Å². The van der Waals surface area contributed by atoms with Crippen molar-refractivity contribution in [3.8, 4) is 0 Å². The van der Waals surface area contributed by atoms with E-state index in [9.17, 15) is 8.42 Å². The first-order valence-electron chi connectivity index (χ1n) is 4.66. The van der Waals surface area contributed by atoms with Gasteiger partial charge in [-0.2, -0.15) is 17.0 Å². The number of likely N-dealkylation sites (N-methyl/N-ethyl adjacent to an activating group) is 1. The van der Waals surface area contributed by atoms with Crippen LogP contribution >= 0.6 is 12.4 Å².